The van der Waals surface area contributed by atoms with Crippen molar-refractivity contribution in [3.63, 3.8) is 0 Å². The molecule has 0 bridgehead atoms. The van der Waals surface area contributed by atoms with Crippen molar-refractivity contribution in [1.29, 1.82) is 0 Å². The Hall–Kier alpha value is -1.83. The van der Waals surface area contributed by atoms with Gasteiger partial charge >= 0.3 is 0 Å². The molecule has 0 saturated heterocycles. The Morgan fingerprint density at radius 2 is 2.06 bits per heavy atom. The summed E-state index contributed by atoms with van der Waals surface area (Å²) in [5.74, 6) is 0.427. The normalized spacial score (nSPS) is 20.2. The number of rotatable bonds is 2. The van der Waals surface area contributed by atoms with Crippen LogP contribution in [0.3, 0.4) is 0 Å². The van der Waals surface area contributed by atoms with Crippen molar-refractivity contribution < 1.29 is 0 Å². The first kappa shape index (κ1) is 11.6. The van der Waals surface area contributed by atoms with Crippen molar-refractivity contribution in [2.75, 3.05) is 0 Å². The van der Waals surface area contributed by atoms with Crippen LogP contribution < -0.4 is 5.43 Å². The molecule has 0 aliphatic carbocycles. The zero-order valence-electron chi connectivity index (χ0n) is 10.4. The summed E-state index contributed by atoms with van der Waals surface area (Å²) in [6.07, 6.45) is 5.09. The van der Waals surface area contributed by atoms with Gasteiger partial charge in [0, 0.05) is 11.6 Å². The van der Waals surface area contributed by atoms with Crippen LogP contribution in [0.1, 0.15) is 31.4 Å². The predicted octanol–water partition coefficient (Wildman–Crippen LogP) is 3.57. The SMILES string of the molecule is C=C1C[C@@H](C)C(c2ccc(/C=C/C)cc2)=NN1. The van der Waals surface area contributed by atoms with Crippen molar-refractivity contribution in [3.05, 3.63) is 53.7 Å². The van der Waals surface area contributed by atoms with Crippen LogP contribution in [0.15, 0.2) is 47.7 Å². The first-order chi connectivity index (χ1) is 8.20. The predicted molar refractivity (Wildman–Crippen MR) is 73.7 cm³/mol. The topological polar surface area (TPSA) is 24.4 Å². The van der Waals surface area contributed by atoms with E-state index < -0.39 is 0 Å². The Balaban J connectivity index is 2.25. The van der Waals surface area contributed by atoms with E-state index in [1.165, 1.54) is 11.1 Å². The maximum Gasteiger partial charge on any atom is 0.0711 e. The lowest BCUT2D eigenvalue weighted by atomic mass is 9.93. The van der Waals surface area contributed by atoms with Crippen molar-refractivity contribution in [3.8, 4) is 0 Å². The molecule has 2 nitrogen and oxygen atoms in total. The number of nitrogens with zero attached hydrogens (tertiary/aromatic N) is 1. The van der Waals surface area contributed by atoms with Crippen molar-refractivity contribution in [1.82, 2.24) is 5.43 Å². The lowest BCUT2D eigenvalue weighted by Gasteiger charge is -2.21. The number of hydrogen-bond donors (Lipinski definition) is 1. The van der Waals surface area contributed by atoms with Gasteiger partial charge in [-0.1, -0.05) is 49.9 Å². The smallest absolute Gasteiger partial charge is 0.0711 e. The van der Waals surface area contributed by atoms with E-state index in [1.807, 2.05) is 13.0 Å². The maximum absolute atomic E-state index is 4.39. The van der Waals surface area contributed by atoms with Crippen LogP contribution in [-0.2, 0) is 0 Å². The molecule has 1 aromatic rings. The minimum absolute atomic E-state index is 0.427. The second-order valence-electron chi connectivity index (χ2n) is 4.44. The van der Waals surface area contributed by atoms with Gasteiger partial charge in [-0.15, -0.1) is 0 Å². The number of hydrogen-bond acceptors (Lipinski definition) is 2. The van der Waals surface area contributed by atoms with Crippen LogP contribution in [0, 0.1) is 5.92 Å². The van der Waals surface area contributed by atoms with Gasteiger partial charge in [-0.2, -0.15) is 5.10 Å². The van der Waals surface area contributed by atoms with Crippen LogP contribution >= 0.6 is 0 Å². The molecule has 2 heteroatoms. The summed E-state index contributed by atoms with van der Waals surface area (Å²) in [6, 6.07) is 8.49. The molecule has 17 heavy (non-hydrogen) atoms. The monoisotopic (exact) mass is 226 g/mol. The van der Waals surface area contributed by atoms with Crippen LogP contribution in [0.5, 0.6) is 0 Å². The van der Waals surface area contributed by atoms with Gasteiger partial charge in [-0.25, -0.2) is 0 Å². The molecule has 0 spiro atoms. The van der Waals surface area contributed by atoms with Gasteiger partial charge < -0.3 is 0 Å². The molecule has 0 unspecified atom stereocenters. The molecule has 88 valence electrons. The Kier molecular flexibility index (Phi) is 3.43. The van der Waals surface area contributed by atoms with E-state index in [2.05, 4.69) is 54.4 Å². The molecular formula is C15H18N2. The van der Waals surface area contributed by atoms with Gasteiger partial charge in [0.15, 0.2) is 0 Å². The lowest BCUT2D eigenvalue weighted by Crippen LogP contribution is -2.25. The molecule has 0 saturated carbocycles. The summed E-state index contributed by atoms with van der Waals surface area (Å²) in [7, 11) is 0. The molecule has 1 heterocycles. The lowest BCUT2D eigenvalue weighted by molar-refractivity contribution is 0.653. The van der Waals surface area contributed by atoms with E-state index in [0.29, 0.717) is 5.92 Å². The molecule has 1 N–H and O–H groups in total. The zero-order chi connectivity index (χ0) is 12.3. The minimum atomic E-state index is 0.427. The first-order valence-electron chi connectivity index (χ1n) is 5.95. The minimum Gasteiger partial charge on any atom is -0.283 e. The molecule has 1 aliphatic rings. The van der Waals surface area contributed by atoms with Crippen molar-refractivity contribution in [2.24, 2.45) is 11.0 Å². The van der Waals surface area contributed by atoms with E-state index in [9.17, 15) is 0 Å². The molecule has 0 aromatic heterocycles. The highest BCUT2D eigenvalue weighted by Crippen LogP contribution is 2.20. The number of benzene rings is 1. The fraction of sp³-hybridized carbons (Fsp3) is 0.267. The average molecular weight is 226 g/mol. The third-order valence-electron chi connectivity index (χ3n) is 2.92. The highest BCUT2D eigenvalue weighted by Gasteiger charge is 2.18. The van der Waals surface area contributed by atoms with Crippen LogP contribution in [0.4, 0.5) is 0 Å². The molecule has 2 rings (SSSR count). The average Bonchev–Trinajstić information content (AvgIpc) is 2.31. The highest BCUT2D eigenvalue weighted by atomic mass is 15.3. The van der Waals surface area contributed by atoms with Crippen LogP contribution in [0.2, 0.25) is 0 Å². The summed E-state index contributed by atoms with van der Waals surface area (Å²) in [5.41, 5.74) is 7.49. The summed E-state index contributed by atoms with van der Waals surface area (Å²) in [5, 5.41) is 4.39. The summed E-state index contributed by atoms with van der Waals surface area (Å²) >= 11 is 0. The first-order valence-corrected chi connectivity index (χ1v) is 5.95. The van der Waals surface area contributed by atoms with E-state index in [-0.39, 0.29) is 0 Å². The number of hydrazone groups is 1. The Bertz CT molecular complexity index is 466. The van der Waals surface area contributed by atoms with E-state index in [1.54, 1.807) is 0 Å². The summed E-state index contributed by atoms with van der Waals surface area (Å²) in [6.45, 7) is 8.11. The van der Waals surface area contributed by atoms with Gasteiger partial charge in [0.05, 0.1) is 5.71 Å². The highest BCUT2D eigenvalue weighted by molar-refractivity contribution is 6.02. The van der Waals surface area contributed by atoms with E-state index >= 15 is 0 Å². The second kappa shape index (κ2) is 5.00. The van der Waals surface area contributed by atoms with Gasteiger partial charge in [-0.3, -0.25) is 5.43 Å². The van der Waals surface area contributed by atoms with Crippen molar-refractivity contribution in [2.45, 2.75) is 20.3 Å². The molecule has 0 fully saturated rings. The fourth-order valence-electron chi connectivity index (χ4n) is 2.07. The number of nitrogens with one attached hydrogen (secondary N) is 1. The van der Waals surface area contributed by atoms with Gasteiger partial charge in [-0.05, 0) is 24.5 Å². The number of allylic oxidation sites excluding steroid dienone is 2. The van der Waals surface area contributed by atoms with E-state index in [0.717, 1.165) is 17.8 Å². The Morgan fingerprint density at radius 1 is 1.35 bits per heavy atom. The quantitative estimate of drug-likeness (QED) is 0.819. The maximum atomic E-state index is 4.39. The van der Waals surface area contributed by atoms with Gasteiger partial charge in [0.1, 0.15) is 0 Å². The summed E-state index contributed by atoms with van der Waals surface area (Å²) < 4.78 is 0. The Morgan fingerprint density at radius 3 is 2.65 bits per heavy atom. The standard InChI is InChI=1S/C15H18N2/c1-4-5-13-6-8-14(9-7-13)15-11(2)10-12(3)16-17-15/h4-9,11,16H,3,10H2,1-2H3/b5-4+/t11-/m1/s1. The van der Waals surface area contributed by atoms with E-state index in [4.69, 9.17) is 0 Å². The molecular weight excluding hydrogens is 208 g/mol. The molecule has 1 aromatic carbocycles. The molecule has 0 radical (unpaired) electrons. The second-order valence-corrected chi connectivity index (χ2v) is 4.44. The Labute approximate surface area is 103 Å². The molecule has 0 amide bonds. The zero-order valence-corrected chi connectivity index (χ0v) is 10.4. The van der Waals surface area contributed by atoms with Gasteiger partial charge in [0.2, 0.25) is 0 Å². The van der Waals surface area contributed by atoms with Gasteiger partial charge in [0.25, 0.3) is 0 Å². The van der Waals surface area contributed by atoms with Crippen LogP contribution in [-0.4, -0.2) is 5.71 Å². The third-order valence-corrected chi connectivity index (χ3v) is 2.92. The fourth-order valence-corrected chi connectivity index (χ4v) is 2.07. The molecule has 1 aliphatic heterocycles. The summed E-state index contributed by atoms with van der Waals surface area (Å²) in [4.78, 5) is 0. The largest absolute Gasteiger partial charge is 0.283 e. The molecule has 1 atom stereocenters. The third kappa shape index (κ3) is 2.64. The van der Waals surface area contributed by atoms with Crippen molar-refractivity contribution >= 4 is 11.8 Å². The van der Waals surface area contributed by atoms with Crippen LogP contribution in [0.25, 0.3) is 6.08 Å².